The number of carbonyl (C=O) groups is 2. The summed E-state index contributed by atoms with van der Waals surface area (Å²) >= 11 is 2.43. The van der Waals surface area contributed by atoms with Crippen LogP contribution in [0.1, 0.15) is 58.2 Å². The maximum Gasteiger partial charge on any atom is 0.224 e. The van der Waals surface area contributed by atoms with E-state index in [-0.39, 0.29) is 15.6 Å². The number of hydrogen-bond donors (Lipinski definition) is 0. The first-order valence-electron chi connectivity index (χ1n) is 9.87. The summed E-state index contributed by atoms with van der Waals surface area (Å²) in [6, 6.07) is 20.7. The quantitative estimate of drug-likeness (QED) is 0.399. The molecule has 3 aromatic rings. The molecule has 0 atom stereocenters. The number of rotatable bonds is 4. The third kappa shape index (κ3) is 5.05. The molecule has 0 amide bonds. The van der Waals surface area contributed by atoms with Crippen molar-refractivity contribution >= 4 is 33.8 Å². The van der Waals surface area contributed by atoms with Gasteiger partial charge >= 0.3 is 0 Å². The van der Waals surface area contributed by atoms with Gasteiger partial charge in [-0.2, -0.15) is 0 Å². The molecule has 154 valence electrons. The Morgan fingerprint density at radius 3 is 1.57 bits per heavy atom. The van der Waals surface area contributed by atoms with Gasteiger partial charge in [0.15, 0.2) is 0 Å². The van der Waals surface area contributed by atoms with Crippen molar-refractivity contribution in [2.45, 2.75) is 49.8 Å². The molecule has 0 unspecified atom stereocenters. The van der Waals surface area contributed by atoms with Crippen LogP contribution in [0.4, 0.5) is 0 Å². The second-order valence-corrected chi connectivity index (χ2v) is 10.3. The van der Waals surface area contributed by atoms with E-state index >= 15 is 0 Å². The van der Waals surface area contributed by atoms with Crippen LogP contribution in [0.3, 0.4) is 0 Å². The van der Waals surface area contributed by atoms with Crippen LogP contribution in [-0.4, -0.2) is 10.2 Å². The molecule has 0 heterocycles. The SMILES string of the molecule is Cc1cc(C(C)(C)C)c(C)c(SC(=O)c2ccccc2)c1SC(=O)c1ccccc1. The Balaban J connectivity index is 2.07. The highest BCUT2D eigenvalue weighted by Crippen LogP contribution is 2.43. The number of thioether (sulfide) groups is 2. The second-order valence-electron chi connectivity index (χ2n) is 8.29. The summed E-state index contributed by atoms with van der Waals surface area (Å²) in [5, 5.41) is -0.0335. The molecule has 0 radical (unpaired) electrons. The highest BCUT2D eigenvalue weighted by molar-refractivity contribution is 8.16. The Morgan fingerprint density at radius 1 is 0.700 bits per heavy atom. The van der Waals surface area contributed by atoms with Gasteiger partial charge in [-0.25, -0.2) is 0 Å². The molecule has 3 aromatic carbocycles. The van der Waals surface area contributed by atoms with Crippen LogP contribution in [0.15, 0.2) is 76.5 Å². The maximum absolute atomic E-state index is 13.0. The molecule has 3 rings (SSSR count). The Morgan fingerprint density at radius 2 is 1.13 bits per heavy atom. The average Bonchev–Trinajstić information content (AvgIpc) is 2.73. The van der Waals surface area contributed by atoms with E-state index in [4.69, 9.17) is 0 Å². The van der Waals surface area contributed by atoms with Crippen LogP contribution >= 0.6 is 23.5 Å². The summed E-state index contributed by atoms with van der Waals surface area (Å²) in [4.78, 5) is 27.7. The second kappa shape index (κ2) is 9.23. The number of hydrogen-bond acceptors (Lipinski definition) is 4. The third-order valence-corrected chi connectivity index (χ3v) is 7.30. The minimum atomic E-state index is -0.0629. The topological polar surface area (TPSA) is 34.1 Å². The van der Waals surface area contributed by atoms with E-state index in [9.17, 15) is 9.59 Å². The van der Waals surface area contributed by atoms with Crippen molar-refractivity contribution in [2.24, 2.45) is 0 Å². The Hall–Kier alpha value is -2.30. The van der Waals surface area contributed by atoms with Crippen LogP contribution in [-0.2, 0) is 5.41 Å². The molecule has 0 aliphatic rings. The molecule has 2 nitrogen and oxygen atoms in total. The molecular weight excluding hydrogens is 408 g/mol. The van der Waals surface area contributed by atoms with Crippen molar-refractivity contribution in [3.63, 3.8) is 0 Å². The van der Waals surface area contributed by atoms with Gasteiger partial charge < -0.3 is 0 Å². The van der Waals surface area contributed by atoms with E-state index in [1.165, 1.54) is 29.1 Å². The first-order chi connectivity index (χ1) is 14.2. The minimum absolute atomic E-state index is 0.0156. The fourth-order valence-electron chi connectivity index (χ4n) is 3.34. The highest BCUT2D eigenvalue weighted by atomic mass is 32.2. The lowest BCUT2D eigenvalue weighted by Gasteiger charge is -2.26. The summed E-state index contributed by atoms with van der Waals surface area (Å²) in [5.74, 6) is 0. The van der Waals surface area contributed by atoms with Crippen molar-refractivity contribution < 1.29 is 9.59 Å². The zero-order valence-electron chi connectivity index (χ0n) is 18.0. The Labute approximate surface area is 187 Å². The van der Waals surface area contributed by atoms with Crippen molar-refractivity contribution in [3.05, 3.63) is 94.5 Å². The summed E-state index contributed by atoms with van der Waals surface area (Å²) in [5.41, 5.74) is 4.52. The largest absolute Gasteiger partial charge is 0.281 e. The van der Waals surface area contributed by atoms with Gasteiger partial charge in [-0.05, 0) is 59.5 Å². The standard InChI is InChI=1S/C26H26O2S2/c1-17-16-21(26(3,4)5)18(2)23(30-25(28)20-14-10-7-11-15-20)22(17)29-24(27)19-12-8-6-9-13-19/h6-16H,1-5H3. The predicted octanol–water partition coefficient (Wildman–Crippen LogP) is 7.47. The van der Waals surface area contributed by atoms with Crippen LogP contribution in [0.5, 0.6) is 0 Å². The van der Waals surface area contributed by atoms with Gasteiger partial charge in [-0.1, -0.05) is 87.5 Å². The molecule has 0 aliphatic carbocycles. The van der Waals surface area contributed by atoms with Gasteiger partial charge in [0.1, 0.15) is 0 Å². The molecule has 0 bridgehead atoms. The van der Waals surface area contributed by atoms with Crippen molar-refractivity contribution in [1.82, 2.24) is 0 Å². The maximum atomic E-state index is 13.0. The van der Waals surface area contributed by atoms with E-state index in [0.29, 0.717) is 11.1 Å². The molecule has 0 aliphatic heterocycles. The average molecular weight is 435 g/mol. The van der Waals surface area contributed by atoms with Gasteiger partial charge in [0.05, 0.1) is 0 Å². The molecule has 0 saturated heterocycles. The summed E-state index contributed by atoms with van der Waals surface area (Å²) in [7, 11) is 0. The molecule has 0 fully saturated rings. The van der Waals surface area contributed by atoms with Gasteiger partial charge in [0.2, 0.25) is 10.2 Å². The molecule has 0 spiro atoms. The zero-order chi connectivity index (χ0) is 21.9. The molecule has 0 N–H and O–H groups in total. The first kappa shape index (κ1) is 22.4. The van der Waals surface area contributed by atoms with Crippen LogP contribution in [0.25, 0.3) is 0 Å². The summed E-state index contributed by atoms with van der Waals surface area (Å²) in [6.45, 7) is 10.6. The van der Waals surface area contributed by atoms with Crippen LogP contribution in [0, 0.1) is 13.8 Å². The van der Waals surface area contributed by atoms with E-state index in [2.05, 4.69) is 33.8 Å². The summed E-state index contributed by atoms with van der Waals surface area (Å²) in [6.07, 6.45) is 0. The number of aryl methyl sites for hydroxylation is 1. The molecule has 4 heteroatoms. The molecule has 30 heavy (non-hydrogen) atoms. The molecular formula is C26H26O2S2. The minimum Gasteiger partial charge on any atom is -0.281 e. The van der Waals surface area contributed by atoms with Crippen LogP contribution < -0.4 is 0 Å². The van der Waals surface area contributed by atoms with E-state index < -0.39 is 0 Å². The number of benzene rings is 3. The number of carbonyl (C=O) groups excluding carboxylic acids is 2. The first-order valence-corrected chi connectivity index (χ1v) is 11.5. The lowest BCUT2D eigenvalue weighted by Crippen LogP contribution is -2.15. The van der Waals surface area contributed by atoms with E-state index in [0.717, 1.165) is 20.9 Å². The molecule has 0 saturated carbocycles. The summed E-state index contributed by atoms with van der Waals surface area (Å²) < 4.78 is 0. The van der Waals surface area contributed by atoms with Crippen molar-refractivity contribution in [2.75, 3.05) is 0 Å². The lowest BCUT2D eigenvalue weighted by atomic mass is 9.83. The normalized spacial score (nSPS) is 11.4. The van der Waals surface area contributed by atoms with Crippen molar-refractivity contribution in [1.29, 1.82) is 0 Å². The highest BCUT2D eigenvalue weighted by Gasteiger charge is 2.25. The van der Waals surface area contributed by atoms with Gasteiger partial charge in [0, 0.05) is 20.9 Å². The van der Waals surface area contributed by atoms with Crippen molar-refractivity contribution in [3.8, 4) is 0 Å². The Kier molecular flexibility index (Phi) is 6.89. The fraction of sp³-hybridized carbons (Fsp3) is 0.231. The third-order valence-electron chi connectivity index (χ3n) is 4.89. The fourth-order valence-corrected chi connectivity index (χ4v) is 5.45. The lowest BCUT2D eigenvalue weighted by molar-refractivity contribution is 0.108. The van der Waals surface area contributed by atoms with Crippen LogP contribution in [0.2, 0.25) is 0 Å². The molecule has 0 aromatic heterocycles. The van der Waals surface area contributed by atoms with Gasteiger partial charge in [-0.3, -0.25) is 9.59 Å². The van der Waals surface area contributed by atoms with Gasteiger partial charge in [0.25, 0.3) is 0 Å². The Bertz CT molecular complexity index is 1070. The van der Waals surface area contributed by atoms with Gasteiger partial charge in [-0.15, -0.1) is 0 Å². The van der Waals surface area contributed by atoms with E-state index in [1.54, 1.807) is 0 Å². The zero-order valence-corrected chi connectivity index (χ0v) is 19.6. The van der Waals surface area contributed by atoms with E-state index in [1.807, 2.05) is 67.6 Å². The predicted molar refractivity (Wildman–Crippen MR) is 128 cm³/mol. The smallest absolute Gasteiger partial charge is 0.224 e. The monoisotopic (exact) mass is 434 g/mol.